The molecule has 0 saturated heterocycles. The van der Waals surface area contributed by atoms with Crippen molar-refractivity contribution in [3.05, 3.63) is 46.5 Å². The molecule has 4 rings (SSSR count). The Balaban J connectivity index is 1.57. The van der Waals surface area contributed by atoms with Crippen LogP contribution in [0, 0.1) is 0 Å². The minimum atomic E-state index is -0.547. The second kappa shape index (κ2) is 15.1. The summed E-state index contributed by atoms with van der Waals surface area (Å²) in [5.41, 5.74) is 4.05. The molecule has 0 aromatic heterocycles. The molecule has 2 atom stereocenters. The highest BCUT2D eigenvalue weighted by Crippen LogP contribution is 2.43. The van der Waals surface area contributed by atoms with E-state index in [1.165, 1.54) is 0 Å². The first kappa shape index (κ1) is 30.7. The Morgan fingerprint density at radius 1 is 0.615 bits per heavy atom. The van der Waals surface area contributed by atoms with Crippen molar-refractivity contribution >= 4 is 46.4 Å². The largest absolute Gasteiger partial charge is 0.454 e. The molecule has 2 aliphatic rings. The van der Waals surface area contributed by atoms with E-state index < -0.39 is 9.67 Å². The van der Waals surface area contributed by atoms with Gasteiger partial charge in [0.05, 0.1) is 13.2 Å². The number of rotatable bonds is 16. The summed E-state index contributed by atoms with van der Waals surface area (Å²) in [6.07, 6.45) is 8.37. The van der Waals surface area contributed by atoms with Gasteiger partial charge in [0.1, 0.15) is 9.67 Å². The Morgan fingerprint density at radius 3 is 1.36 bits per heavy atom. The molecule has 0 fully saturated rings. The molecule has 0 bridgehead atoms. The number of fused-ring (bicyclic) bond motifs is 2. The van der Waals surface area contributed by atoms with Crippen LogP contribution in [0.15, 0.2) is 24.3 Å². The molecule has 0 amide bonds. The van der Waals surface area contributed by atoms with Gasteiger partial charge in [-0.15, -0.1) is 46.4 Å². The van der Waals surface area contributed by atoms with E-state index in [4.69, 9.17) is 70.1 Å². The normalized spacial score (nSPS) is 15.4. The van der Waals surface area contributed by atoms with E-state index in [9.17, 15) is 0 Å². The lowest BCUT2D eigenvalue weighted by Crippen LogP contribution is -2.13. The molecule has 0 N–H and O–H groups in total. The maximum atomic E-state index is 6.50. The molecule has 0 radical (unpaired) electrons. The van der Waals surface area contributed by atoms with Crippen LogP contribution in [0.5, 0.6) is 23.0 Å². The van der Waals surface area contributed by atoms with Gasteiger partial charge in [-0.2, -0.15) is 0 Å². The number of alkyl halides is 4. The Kier molecular flexibility index (Phi) is 11.9. The van der Waals surface area contributed by atoms with Gasteiger partial charge in [0, 0.05) is 11.8 Å². The monoisotopic (exact) mass is 618 g/mol. The highest BCUT2D eigenvalue weighted by atomic mass is 35.5. The van der Waals surface area contributed by atoms with Crippen molar-refractivity contribution in [1.82, 2.24) is 0 Å². The van der Waals surface area contributed by atoms with Crippen LogP contribution in [0.1, 0.15) is 99.3 Å². The van der Waals surface area contributed by atoms with Gasteiger partial charge in [-0.1, -0.05) is 52.4 Å². The third-order valence-electron chi connectivity index (χ3n) is 7.43. The average Bonchev–Trinajstić information content (AvgIpc) is 3.57. The quantitative estimate of drug-likeness (QED) is 0.138. The van der Waals surface area contributed by atoms with Gasteiger partial charge in [0.25, 0.3) is 0 Å². The van der Waals surface area contributed by atoms with E-state index in [1.54, 1.807) is 0 Å². The number of benzene rings is 2. The summed E-state index contributed by atoms with van der Waals surface area (Å²) in [5.74, 6) is 2.77. The van der Waals surface area contributed by atoms with E-state index in [0.29, 0.717) is 36.2 Å². The molecule has 2 aromatic rings. The molecule has 2 heterocycles. The molecule has 0 saturated carbocycles. The number of ether oxygens (including phenoxy) is 5. The van der Waals surface area contributed by atoms with Gasteiger partial charge in [-0.3, -0.25) is 0 Å². The molecule has 0 aliphatic carbocycles. The maximum Gasteiger partial charge on any atom is 0.231 e. The zero-order chi connectivity index (χ0) is 27.8. The zero-order valence-corrected chi connectivity index (χ0v) is 25.7. The fraction of sp³-hybridized carbons (Fsp3) is 0.600. The molecular formula is C30H38Cl4O5. The smallest absolute Gasteiger partial charge is 0.231 e. The average molecular weight is 620 g/mol. The standard InChI is InChI=1S/C30H38Cl4O5/c1-3-5-7-9-21(29(31)32)23-13-27-25(36-17-38-27)11-19(23)15-35-16-20-12-26-28(39-18-37-26)14-24(20)22(30(33)34)10-8-6-4-2/h11-14,21-22,29-30H,3-10,15-18H2,1-2H3. The van der Waals surface area contributed by atoms with E-state index in [2.05, 4.69) is 13.8 Å². The van der Waals surface area contributed by atoms with E-state index in [1.807, 2.05) is 24.3 Å². The highest BCUT2D eigenvalue weighted by molar-refractivity contribution is 6.45. The number of hydrogen-bond acceptors (Lipinski definition) is 5. The summed E-state index contributed by atoms with van der Waals surface area (Å²) < 4.78 is 29.0. The van der Waals surface area contributed by atoms with Crippen molar-refractivity contribution in [1.29, 1.82) is 0 Å². The molecule has 216 valence electrons. The van der Waals surface area contributed by atoms with Crippen molar-refractivity contribution in [3.8, 4) is 23.0 Å². The third kappa shape index (κ3) is 7.95. The van der Waals surface area contributed by atoms with Crippen LogP contribution >= 0.6 is 46.4 Å². The predicted molar refractivity (Wildman–Crippen MR) is 158 cm³/mol. The Morgan fingerprint density at radius 2 is 1.00 bits per heavy atom. The lowest BCUT2D eigenvalue weighted by atomic mass is 9.90. The molecule has 0 spiro atoms. The molecule has 2 aliphatic heterocycles. The fourth-order valence-corrected chi connectivity index (χ4v) is 6.32. The minimum absolute atomic E-state index is 0.0368. The van der Waals surface area contributed by atoms with Crippen molar-refractivity contribution in [2.24, 2.45) is 0 Å². The van der Waals surface area contributed by atoms with E-state index in [0.717, 1.165) is 73.6 Å². The summed E-state index contributed by atoms with van der Waals surface area (Å²) in [5, 5.41) is 0. The molecule has 5 nitrogen and oxygen atoms in total. The fourth-order valence-electron chi connectivity index (χ4n) is 5.27. The summed E-state index contributed by atoms with van der Waals surface area (Å²) in [6.45, 7) is 5.48. The van der Waals surface area contributed by atoms with Crippen LogP contribution in [0.4, 0.5) is 0 Å². The lowest BCUT2D eigenvalue weighted by molar-refractivity contribution is 0.105. The lowest BCUT2D eigenvalue weighted by Gasteiger charge is -2.24. The Hall–Kier alpha value is -1.24. The van der Waals surface area contributed by atoms with Gasteiger partial charge in [0.15, 0.2) is 23.0 Å². The molecule has 2 aromatic carbocycles. The third-order valence-corrected chi connectivity index (χ3v) is 8.65. The van der Waals surface area contributed by atoms with Crippen LogP contribution in [0.2, 0.25) is 0 Å². The first-order chi connectivity index (χ1) is 18.9. The highest BCUT2D eigenvalue weighted by Gasteiger charge is 2.28. The van der Waals surface area contributed by atoms with Gasteiger partial charge < -0.3 is 23.7 Å². The van der Waals surface area contributed by atoms with Gasteiger partial charge in [0.2, 0.25) is 13.6 Å². The topological polar surface area (TPSA) is 46.2 Å². The number of halogens is 4. The van der Waals surface area contributed by atoms with E-state index in [-0.39, 0.29) is 25.4 Å². The Labute approximate surface area is 252 Å². The SMILES string of the molecule is CCCCCC(c1cc2c(cc1COCc1cc3c(cc1C(CCCCC)C(Cl)Cl)OCO3)OCO2)C(Cl)Cl. The number of unbranched alkanes of at least 4 members (excludes halogenated alkanes) is 4. The zero-order valence-electron chi connectivity index (χ0n) is 22.7. The van der Waals surface area contributed by atoms with Crippen LogP contribution in [-0.4, -0.2) is 23.3 Å². The van der Waals surface area contributed by atoms with Crippen molar-refractivity contribution in [3.63, 3.8) is 0 Å². The second-order valence-corrected chi connectivity index (χ2v) is 12.5. The molecule has 9 heteroatoms. The Bertz CT molecular complexity index is 994. The van der Waals surface area contributed by atoms with Crippen molar-refractivity contribution in [2.45, 2.75) is 99.9 Å². The van der Waals surface area contributed by atoms with Crippen LogP contribution in [0.3, 0.4) is 0 Å². The first-order valence-electron chi connectivity index (χ1n) is 13.9. The van der Waals surface area contributed by atoms with Gasteiger partial charge in [-0.25, -0.2) is 0 Å². The van der Waals surface area contributed by atoms with Gasteiger partial charge in [-0.05, 0) is 59.4 Å². The summed E-state index contributed by atoms with van der Waals surface area (Å²) >= 11 is 26.0. The van der Waals surface area contributed by atoms with Crippen LogP contribution < -0.4 is 18.9 Å². The summed E-state index contributed by atoms with van der Waals surface area (Å²) in [4.78, 5) is -1.09. The molecule has 2 unspecified atom stereocenters. The van der Waals surface area contributed by atoms with Crippen molar-refractivity contribution in [2.75, 3.05) is 13.6 Å². The molecular weight excluding hydrogens is 582 g/mol. The minimum Gasteiger partial charge on any atom is -0.454 e. The maximum absolute atomic E-state index is 6.50. The van der Waals surface area contributed by atoms with Crippen LogP contribution in [-0.2, 0) is 18.0 Å². The van der Waals surface area contributed by atoms with Crippen molar-refractivity contribution < 1.29 is 23.7 Å². The molecule has 39 heavy (non-hydrogen) atoms. The van der Waals surface area contributed by atoms with E-state index >= 15 is 0 Å². The van der Waals surface area contributed by atoms with Crippen LogP contribution in [0.25, 0.3) is 0 Å². The summed E-state index contributed by atoms with van der Waals surface area (Å²) in [7, 11) is 0. The number of hydrogen-bond donors (Lipinski definition) is 0. The second-order valence-electron chi connectivity index (χ2n) is 10.2. The summed E-state index contributed by atoms with van der Waals surface area (Å²) in [6, 6.07) is 8.00. The predicted octanol–water partition coefficient (Wildman–Crippen LogP) is 9.80. The van der Waals surface area contributed by atoms with Gasteiger partial charge >= 0.3 is 0 Å². The first-order valence-corrected chi connectivity index (χ1v) is 15.7.